The molecule has 0 aliphatic rings. The van der Waals surface area contributed by atoms with Crippen LogP contribution < -0.4 is 11.2 Å². The molecule has 5 aromatic rings. The summed E-state index contributed by atoms with van der Waals surface area (Å²) in [7, 11) is 0. The molecule has 0 spiro atoms. The average molecular weight is 710 g/mol. The standard InChI is InChI=1S/C39H40FN5O5S/c1-2-3-4-5-9-20-43(23-28-10-7-6-8-11-28)37(49)31-14-18-34(19-15-31)45-25-32(21-30-22-41-38(50)44(24-30)26-35(46)47)36(48)42-39(45)51-27-29-12-16-33(40)17-13-29/h6-8,10-19,22,24-25H,2-5,9,20-21,23,26-27H2,1H3,(H,46,47). The van der Waals surface area contributed by atoms with Crippen LogP contribution in [0.3, 0.4) is 0 Å². The summed E-state index contributed by atoms with van der Waals surface area (Å²) in [6, 6.07) is 23.2. The number of thioether (sulfide) groups is 1. The summed E-state index contributed by atoms with van der Waals surface area (Å²) in [4.78, 5) is 60.5. The minimum Gasteiger partial charge on any atom is -0.480 e. The summed E-state index contributed by atoms with van der Waals surface area (Å²) in [6.45, 7) is 2.76. The van der Waals surface area contributed by atoms with Crippen LogP contribution in [0.25, 0.3) is 5.69 Å². The van der Waals surface area contributed by atoms with Gasteiger partial charge < -0.3 is 10.0 Å². The number of carbonyl (C=O) groups excluding carboxylic acids is 1. The van der Waals surface area contributed by atoms with Gasteiger partial charge in [0.2, 0.25) is 0 Å². The van der Waals surface area contributed by atoms with Crippen LogP contribution in [0.2, 0.25) is 0 Å². The Kier molecular flexibility index (Phi) is 13.1. The molecule has 0 unspecified atom stereocenters. The zero-order chi connectivity index (χ0) is 36.2. The molecule has 2 aromatic heterocycles. The van der Waals surface area contributed by atoms with Gasteiger partial charge in [0, 0.05) is 60.7 Å². The highest BCUT2D eigenvalue weighted by Gasteiger charge is 2.18. The molecule has 2 heterocycles. The number of carboxylic acids is 1. The monoisotopic (exact) mass is 709 g/mol. The summed E-state index contributed by atoms with van der Waals surface area (Å²) >= 11 is 1.30. The van der Waals surface area contributed by atoms with Crippen molar-refractivity contribution >= 4 is 23.6 Å². The first-order chi connectivity index (χ1) is 24.7. The Morgan fingerprint density at radius 3 is 2.29 bits per heavy atom. The van der Waals surface area contributed by atoms with E-state index < -0.39 is 23.8 Å². The minimum atomic E-state index is -1.19. The third kappa shape index (κ3) is 10.6. The molecule has 0 bridgehead atoms. The number of aromatic nitrogens is 4. The number of carboxylic acid groups (broad SMARTS) is 1. The summed E-state index contributed by atoms with van der Waals surface area (Å²) in [6.07, 6.45) is 9.82. The van der Waals surface area contributed by atoms with Crippen LogP contribution in [0.15, 0.2) is 112 Å². The first-order valence-corrected chi connectivity index (χ1v) is 17.9. The summed E-state index contributed by atoms with van der Waals surface area (Å²) in [5.74, 6) is -1.20. The van der Waals surface area contributed by atoms with Crippen molar-refractivity contribution in [3.8, 4) is 5.69 Å². The van der Waals surface area contributed by atoms with Crippen LogP contribution in [0.1, 0.15) is 71.6 Å². The maximum Gasteiger partial charge on any atom is 0.348 e. The van der Waals surface area contributed by atoms with E-state index in [-0.39, 0.29) is 18.1 Å². The Bertz CT molecular complexity index is 2050. The van der Waals surface area contributed by atoms with E-state index in [1.54, 1.807) is 35.0 Å². The summed E-state index contributed by atoms with van der Waals surface area (Å²) in [5.41, 5.74) is 2.63. The molecule has 0 radical (unpaired) electrons. The molecule has 264 valence electrons. The first-order valence-electron chi connectivity index (χ1n) is 16.9. The second kappa shape index (κ2) is 18.0. The van der Waals surface area contributed by atoms with Crippen LogP contribution in [-0.2, 0) is 30.1 Å². The van der Waals surface area contributed by atoms with E-state index in [0.29, 0.717) is 46.4 Å². The topological polar surface area (TPSA) is 127 Å². The fourth-order valence-corrected chi connectivity index (χ4v) is 6.53. The second-order valence-electron chi connectivity index (χ2n) is 12.3. The number of aliphatic carboxylic acids is 1. The highest BCUT2D eigenvalue weighted by Crippen LogP contribution is 2.25. The van der Waals surface area contributed by atoms with Crippen molar-refractivity contribution in [1.29, 1.82) is 0 Å². The molecule has 0 atom stereocenters. The van der Waals surface area contributed by atoms with E-state index in [1.165, 1.54) is 42.7 Å². The van der Waals surface area contributed by atoms with Gasteiger partial charge in [-0.25, -0.2) is 14.2 Å². The summed E-state index contributed by atoms with van der Waals surface area (Å²) < 4.78 is 16.3. The number of rotatable bonds is 17. The van der Waals surface area contributed by atoms with E-state index >= 15 is 0 Å². The van der Waals surface area contributed by atoms with E-state index in [1.807, 2.05) is 47.4 Å². The van der Waals surface area contributed by atoms with E-state index in [0.717, 1.165) is 41.4 Å². The number of nitrogens with zero attached hydrogens (tertiary/aromatic N) is 5. The molecule has 0 saturated heterocycles. The Labute approximate surface area is 299 Å². The molecule has 51 heavy (non-hydrogen) atoms. The van der Waals surface area contributed by atoms with Gasteiger partial charge in [-0.1, -0.05) is 86.8 Å². The predicted octanol–water partition coefficient (Wildman–Crippen LogP) is 6.51. The second-order valence-corrected chi connectivity index (χ2v) is 13.2. The molecule has 10 nitrogen and oxygen atoms in total. The molecule has 3 aromatic carbocycles. The van der Waals surface area contributed by atoms with Crippen LogP contribution in [0.4, 0.5) is 4.39 Å². The minimum absolute atomic E-state index is 0.0465. The lowest BCUT2D eigenvalue weighted by Crippen LogP contribution is -2.31. The van der Waals surface area contributed by atoms with E-state index in [2.05, 4.69) is 16.9 Å². The van der Waals surface area contributed by atoms with Crippen LogP contribution >= 0.6 is 11.8 Å². The Morgan fingerprint density at radius 2 is 1.59 bits per heavy atom. The molecular weight excluding hydrogens is 670 g/mol. The van der Waals surface area contributed by atoms with Crippen molar-refractivity contribution < 1.29 is 19.1 Å². The van der Waals surface area contributed by atoms with Gasteiger partial charge in [-0.2, -0.15) is 4.98 Å². The smallest absolute Gasteiger partial charge is 0.348 e. The number of amides is 1. The van der Waals surface area contributed by atoms with Crippen molar-refractivity contribution in [3.63, 3.8) is 0 Å². The zero-order valence-corrected chi connectivity index (χ0v) is 29.2. The maximum atomic E-state index is 13.9. The number of hydrogen-bond acceptors (Lipinski definition) is 7. The molecular formula is C39H40FN5O5S. The van der Waals surface area contributed by atoms with Crippen LogP contribution in [0, 0.1) is 5.82 Å². The quantitative estimate of drug-likeness (QED) is 0.0658. The fourth-order valence-electron chi connectivity index (χ4n) is 5.60. The average Bonchev–Trinajstić information content (AvgIpc) is 3.13. The number of halogens is 1. The predicted molar refractivity (Wildman–Crippen MR) is 195 cm³/mol. The SMILES string of the molecule is CCCCCCCN(Cc1ccccc1)C(=O)c1ccc(-n2cc(Cc3cnc(=O)n(CC(=O)O)c3)c(=O)nc2SCc2ccc(F)cc2)cc1. The number of benzene rings is 3. The third-order valence-corrected chi connectivity index (χ3v) is 9.30. The van der Waals surface area contributed by atoms with Gasteiger partial charge in [-0.15, -0.1) is 0 Å². The molecule has 12 heteroatoms. The molecule has 0 fully saturated rings. The normalized spacial score (nSPS) is 11.0. The lowest BCUT2D eigenvalue weighted by Gasteiger charge is -2.23. The van der Waals surface area contributed by atoms with E-state index in [9.17, 15) is 28.7 Å². The summed E-state index contributed by atoms with van der Waals surface area (Å²) in [5, 5.41) is 9.56. The molecule has 0 saturated carbocycles. The lowest BCUT2D eigenvalue weighted by molar-refractivity contribution is -0.137. The zero-order valence-electron chi connectivity index (χ0n) is 28.4. The maximum absolute atomic E-state index is 13.9. The highest BCUT2D eigenvalue weighted by atomic mass is 32.2. The largest absolute Gasteiger partial charge is 0.480 e. The molecule has 1 N–H and O–H groups in total. The van der Waals surface area contributed by atoms with Crippen molar-refractivity contribution in [2.24, 2.45) is 0 Å². The number of carbonyl (C=O) groups is 2. The molecule has 5 rings (SSSR count). The fraction of sp³-hybridized carbons (Fsp3) is 0.282. The Hall–Kier alpha value is -5.36. The molecule has 0 aliphatic carbocycles. The van der Waals surface area contributed by atoms with Crippen molar-refractivity contribution in [2.75, 3.05) is 6.54 Å². The van der Waals surface area contributed by atoms with Gasteiger partial charge >= 0.3 is 11.7 Å². The van der Waals surface area contributed by atoms with Crippen molar-refractivity contribution in [3.05, 3.63) is 152 Å². The molecule has 1 amide bonds. The molecule has 0 aliphatic heterocycles. The Morgan fingerprint density at radius 1 is 0.863 bits per heavy atom. The third-order valence-electron chi connectivity index (χ3n) is 8.28. The van der Waals surface area contributed by atoms with Gasteiger partial charge in [0.25, 0.3) is 11.5 Å². The highest BCUT2D eigenvalue weighted by molar-refractivity contribution is 7.98. The van der Waals surface area contributed by atoms with Crippen LogP contribution in [0.5, 0.6) is 0 Å². The number of hydrogen-bond donors (Lipinski definition) is 1. The van der Waals surface area contributed by atoms with Gasteiger partial charge in [0.15, 0.2) is 5.16 Å². The Balaban J connectivity index is 1.44. The van der Waals surface area contributed by atoms with E-state index in [4.69, 9.17) is 0 Å². The van der Waals surface area contributed by atoms with Crippen LogP contribution in [-0.4, -0.2) is 47.5 Å². The van der Waals surface area contributed by atoms with Gasteiger partial charge in [-0.05, 0) is 59.5 Å². The van der Waals surface area contributed by atoms with Gasteiger partial charge in [0.05, 0.1) is 0 Å². The van der Waals surface area contributed by atoms with Crippen molar-refractivity contribution in [1.82, 2.24) is 24.0 Å². The lowest BCUT2D eigenvalue weighted by atomic mass is 10.1. The first kappa shape index (κ1) is 36.9. The van der Waals surface area contributed by atoms with Gasteiger partial charge in [-0.3, -0.25) is 23.5 Å². The van der Waals surface area contributed by atoms with Gasteiger partial charge in [0.1, 0.15) is 12.4 Å². The number of unbranched alkanes of at least 4 members (excludes halogenated alkanes) is 4. The van der Waals surface area contributed by atoms with Crippen molar-refractivity contribution in [2.45, 2.75) is 69.4 Å².